The maximum atomic E-state index is 12.4. The van der Waals surface area contributed by atoms with Gasteiger partial charge in [-0.2, -0.15) is 0 Å². The average Bonchev–Trinajstić information content (AvgIpc) is 2.37. The minimum absolute atomic E-state index is 0.153. The van der Waals surface area contributed by atoms with Crippen LogP contribution >= 0.6 is 0 Å². The highest BCUT2D eigenvalue weighted by Crippen LogP contribution is 2.33. The average molecular weight is 282 g/mol. The van der Waals surface area contributed by atoms with E-state index in [1.165, 1.54) is 19.3 Å². The number of hydrogen-bond acceptors (Lipinski definition) is 3. The first kappa shape index (κ1) is 15.6. The minimum Gasteiger partial charge on any atom is -0.444 e. The summed E-state index contributed by atoms with van der Waals surface area (Å²) in [6, 6.07) is 0.533. The maximum Gasteiger partial charge on any atom is 0.410 e. The molecule has 2 fully saturated rings. The predicted molar refractivity (Wildman–Crippen MR) is 80.5 cm³/mol. The number of amides is 1. The van der Waals surface area contributed by atoms with E-state index in [4.69, 9.17) is 10.5 Å². The van der Waals surface area contributed by atoms with Crippen molar-refractivity contribution in [3.8, 4) is 0 Å². The van der Waals surface area contributed by atoms with Gasteiger partial charge in [-0.05, 0) is 58.8 Å². The van der Waals surface area contributed by atoms with Gasteiger partial charge in [0.1, 0.15) is 5.60 Å². The van der Waals surface area contributed by atoms with Gasteiger partial charge >= 0.3 is 6.09 Å². The molecule has 1 saturated carbocycles. The molecule has 0 radical (unpaired) electrons. The van der Waals surface area contributed by atoms with Crippen LogP contribution < -0.4 is 5.73 Å². The molecule has 4 heteroatoms. The number of carbonyl (C=O) groups excluding carboxylic acids is 1. The van der Waals surface area contributed by atoms with Crippen molar-refractivity contribution in [3.63, 3.8) is 0 Å². The highest BCUT2D eigenvalue weighted by molar-refractivity contribution is 5.68. The third-order valence-electron chi connectivity index (χ3n) is 4.55. The van der Waals surface area contributed by atoms with Gasteiger partial charge in [-0.3, -0.25) is 0 Å². The summed E-state index contributed by atoms with van der Waals surface area (Å²) in [5, 5.41) is 0. The van der Waals surface area contributed by atoms with Crippen molar-refractivity contribution in [1.82, 2.24) is 4.90 Å². The van der Waals surface area contributed by atoms with Crippen molar-refractivity contribution in [2.75, 3.05) is 6.54 Å². The van der Waals surface area contributed by atoms with Gasteiger partial charge < -0.3 is 15.4 Å². The summed E-state index contributed by atoms with van der Waals surface area (Å²) in [4.78, 5) is 14.4. The summed E-state index contributed by atoms with van der Waals surface area (Å²) < 4.78 is 5.58. The van der Waals surface area contributed by atoms with Crippen LogP contribution in [0, 0.1) is 5.92 Å². The summed E-state index contributed by atoms with van der Waals surface area (Å²) in [6.45, 7) is 6.60. The molecule has 0 aromatic heterocycles. The van der Waals surface area contributed by atoms with E-state index in [9.17, 15) is 4.79 Å². The van der Waals surface area contributed by atoms with Crippen molar-refractivity contribution in [2.24, 2.45) is 11.7 Å². The van der Waals surface area contributed by atoms with Crippen LogP contribution in [-0.4, -0.2) is 35.2 Å². The molecular formula is C16H30N2O2. The fourth-order valence-corrected chi connectivity index (χ4v) is 3.62. The molecule has 116 valence electrons. The van der Waals surface area contributed by atoms with E-state index in [1.807, 2.05) is 25.7 Å². The molecule has 0 unspecified atom stereocenters. The number of hydrogen-bond donors (Lipinski definition) is 1. The number of nitrogens with two attached hydrogens (primary N) is 1. The highest BCUT2D eigenvalue weighted by Gasteiger charge is 2.38. The zero-order valence-corrected chi connectivity index (χ0v) is 13.2. The fourth-order valence-electron chi connectivity index (χ4n) is 3.62. The van der Waals surface area contributed by atoms with Gasteiger partial charge in [0.15, 0.2) is 0 Å². The van der Waals surface area contributed by atoms with Crippen LogP contribution in [0.25, 0.3) is 0 Å². The lowest BCUT2D eigenvalue weighted by Gasteiger charge is -2.44. The summed E-state index contributed by atoms with van der Waals surface area (Å²) in [7, 11) is 0. The largest absolute Gasteiger partial charge is 0.444 e. The normalized spacial score (nSPS) is 32.0. The second-order valence-corrected chi connectivity index (χ2v) is 7.35. The molecule has 4 nitrogen and oxygen atoms in total. The molecule has 1 heterocycles. The first-order valence-corrected chi connectivity index (χ1v) is 8.14. The quantitative estimate of drug-likeness (QED) is 0.803. The number of likely N-dealkylation sites (tertiary alicyclic amines) is 1. The molecule has 3 atom stereocenters. The predicted octanol–water partition coefficient (Wildman–Crippen LogP) is 3.29. The van der Waals surface area contributed by atoms with E-state index in [1.54, 1.807) is 0 Å². The molecule has 0 bridgehead atoms. The Hall–Kier alpha value is -0.770. The zero-order valence-electron chi connectivity index (χ0n) is 13.2. The summed E-state index contributed by atoms with van der Waals surface area (Å²) in [6.07, 6.45) is 7.95. The second-order valence-electron chi connectivity index (χ2n) is 7.35. The maximum absolute atomic E-state index is 12.4. The SMILES string of the molecule is CC(C)(C)OC(=O)N1CCCC[C@@H]1[C@@H]1CCCC[C@@H]1N. The van der Waals surface area contributed by atoms with Crippen molar-refractivity contribution in [2.45, 2.75) is 83.4 Å². The molecule has 1 aliphatic heterocycles. The van der Waals surface area contributed by atoms with Crippen LogP contribution in [-0.2, 0) is 4.74 Å². The first-order valence-electron chi connectivity index (χ1n) is 8.14. The van der Waals surface area contributed by atoms with Crippen molar-refractivity contribution >= 4 is 6.09 Å². The topological polar surface area (TPSA) is 55.6 Å². The van der Waals surface area contributed by atoms with Gasteiger partial charge in [-0.15, -0.1) is 0 Å². The van der Waals surface area contributed by atoms with E-state index in [0.717, 1.165) is 32.2 Å². The summed E-state index contributed by atoms with van der Waals surface area (Å²) in [5.41, 5.74) is 5.90. The van der Waals surface area contributed by atoms with Gasteiger partial charge in [0.25, 0.3) is 0 Å². The van der Waals surface area contributed by atoms with Crippen LogP contribution in [0.4, 0.5) is 4.79 Å². The second kappa shape index (κ2) is 6.33. The number of rotatable bonds is 1. The molecule has 1 aliphatic carbocycles. The Morgan fingerprint density at radius 2 is 1.75 bits per heavy atom. The van der Waals surface area contributed by atoms with E-state index in [2.05, 4.69) is 0 Å². The van der Waals surface area contributed by atoms with E-state index >= 15 is 0 Å². The molecule has 0 aromatic carbocycles. The third kappa shape index (κ3) is 3.87. The van der Waals surface area contributed by atoms with Crippen LogP contribution in [0.1, 0.15) is 65.7 Å². The van der Waals surface area contributed by atoms with E-state index in [-0.39, 0.29) is 18.2 Å². The lowest BCUT2D eigenvalue weighted by molar-refractivity contribution is -0.00353. The Bertz CT molecular complexity index is 338. The summed E-state index contributed by atoms with van der Waals surface area (Å²) >= 11 is 0. The minimum atomic E-state index is -0.423. The van der Waals surface area contributed by atoms with Crippen LogP contribution in [0.15, 0.2) is 0 Å². The molecule has 20 heavy (non-hydrogen) atoms. The Morgan fingerprint density at radius 1 is 1.10 bits per heavy atom. The monoisotopic (exact) mass is 282 g/mol. The Morgan fingerprint density at radius 3 is 2.40 bits per heavy atom. The Balaban J connectivity index is 2.06. The van der Waals surface area contributed by atoms with Gasteiger partial charge in [-0.1, -0.05) is 12.8 Å². The van der Waals surface area contributed by atoms with Crippen molar-refractivity contribution < 1.29 is 9.53 Å². The van der Waals surface area contributed by atoms with E-state index < -0.39 is 5.60 Å². The summed E-state index contributed by atoms with van der Waals surface area (Å²) in [5.74, 6) is 0.455. The zero-order chi connectivity index (χ0) is 14.8. The van der Waals surface area contributed by atoms with Crippen LogP contribution in [0.2, 0.25) is 0 Å². The number of nitrogens with zero attached hydrogens (tertiary/aromatic N) is 1. The van der Waals surface area contributed by atoms with Gasteiger partial charge in [0, 0.05) is 18.6 Å². The Kier molecular flexibility index (Phi) is 4.95. The first-order chi connectivity index (χ1) is 9.38. The molecule has 1 saturated heterocycles. The standard InChI is InChI=1S/C16H30N2O2/c1-16(2,3)20-15(19)18-11-7-6-10-14(18)12-8-4-5-9-13(12)17/h12-14H,4-11,17H2,1-3H3/t12-,13+,14-/m1/s1. The van der Waals surface area contributed by atoms with Crippen LogP contribution in [0.5, 0.6) is 0 Å². The smallest absolute Gasteiger partial charge is 0.410 e. The van der Waals surface area contributed by atoms with Gasteiger partial charge in [0.05, 0.1) is 0 Å². The lowest BCUT2D eigenvalue weighted by Crippen LogP contribution is -2.53. The number of carbonyl (C=O) groups is 1. The molecule has 2 rings (SSSR count). The molecule has 0 aromatic rings. The lowest BCUT2D eigenvalue weighted by atomic mass is 9.77. The molecular weight excluding hydrogens is 252 g/mol. The van der Waals surface area contributed by atoms with Crippen LogP contribution in [0.3, 0.4) is 0 Å². The van der Waals surface area contributed by atoms with Crippen molar-refractivity contribution in [3.05, 3.63) is 0 Å². The molecule has 0 spiro atoms. The number of ether oxygens (including phenoxy) is 1. The molecule has 1 amide bonds. The van der Waals surface area contributed by atoms with E-state index in [0.29, 0.717) is 5.92 Å². The Labute approximate surface area is 123 Å². The molecule has 2 N–H and O–H groups in total. The molecule has 2 aliphatic rings. The van der Waals surface area contributed by atoms with Crippen molar-refractivity contribution in [1.29, 1.82) is 0 Å². The highest BCUT2D eigenvalue weighted by atomic mass is 16.6. The number of piperidine rings is 1. The van der Waals surface area contributed by atoms with Gasteiger partial charge in [0.2, 0.25) is 0 Å². The van der Waals surface area contributed by atoms with Gasteiger partial charge in [-0.25, -0.2) is 4.79 Å². The fraction of sp³-hybridized carbons (Fsp3) is 0.938. The third-order valence-corrected chi connectivity index (χ3v) is 4.55.